The monoisotopic (exact) mass is 162 g/mol. The van der Waals surface area contributed by atoms with Crippen LogP contribution in [0.1, 0.15) is 17.7 Å². The van der Waals surface area contributed by atoms with Crippen LogP contribution in [0.2, 0.25) is 0 Å². The van der Waals surface area contributed by atoms with Crippen molar-refractivity contribution in [2.45, 2.75) is 19.3 Å². The fraction of sp³-hybridized carbons (Fsp3) is 0.333. The SMILES string of the molecule is N=C1CCc2[nH]c(=O)ccc2C1. The number of aromatic amines is 1. The Morgan fingerprint density at radius 3 is 3.00 bits per heavy atom. The van der Waals surface area contributed by atoms with Crippen molar-refractivity contribution in [3.05, 3.63) is 33.7 Å². The van der Waals surface area contributed by atoms with Crippen LogP contribution in [0.15, 0.2) is 16.9 Å². The van der Waals surface area contributed by atoms with Gasteiger partial charge < -0.3 is 10.4 Å². The van der Waals surface area contributed by atoms with Crippen LogP contribution in [0.4, 0.5) is 0 Å². The number of pyridine rings is 1. The van der Waals surface area contributed by atoms with Gasteiger partial charge in [-0.15, -0.1) is 0 Å². The van der Waals surface area contributed by atoms with Crippen molar-refractivity contribution in [3.63, 3.8) is 0 Å². The zero-order valence-electron chi connectivity index (χ0n) is 6.68. The van der Waals surface area contributed by atoms with Crippen molar-refractivity contribution < 1.29 is 0 Å². The summed E-state index contributed by atoms with van der Waals surface area (Å²) in [5.41, 5.74) is 2.83. The number of fused-ring (bicyclic) bond motifs is 1. The van der Waals surface area contributed by atoms with Crippen molar-refractivity contribution in [1.82, 2.24) is 4.98 Å². The average molecular weight is 162 g/mol. The molecule has 0 saturated carbocycles. The third kappa shape index (κ3) is 1.18. The first kappa shape index (κ1) is 7.28. The third-order valence-corrected chi connectivity index (χ3v) is 2.18. The molecule has 2 N–H and O–H groups in total. The van der Waals surface area contributed by atoms with E-state index in [0.29, 0.717) is 6.42 Å². The molecule has 0 aromatic carbocycles. The van der Waals surface area contributed by atoms with Crippen LogP contribution < -0.4 is 5.56 Å². The first-order valence-electron chi connectivity index (χ1n) is 4.03. The molecule has 0 radical (unpaired) electrons. The molecular weight excluding hydrogens is 152 g/mol. The van der Waals surface area contributed by atoms with Gasteiger partial charge in [-0.3, -0.25) is 4.79 Å². The van der Waals surface area contributed by atoms with Crippen LogP contribution >= 0.6 is 0 Å². The van der Waals surface area contributed by atoms with Gasteiger partial charge in [0.1, 0.15) is 0 Å². The van der Waals surface area contributed by atoms with Gasteiger partial charge in [0.25, 0.3) is 0 Å². The zero-order chi connectivity index (χ0) is 8.55. The molecule has 0 spiro atoms. The summed E-state index contributed by atoms with van der Waals surface area (Å²) >= 11 is 0. The highest BCUT2D eigenvalue weighted by Crippen LogP contribution is 2.14. The summed E-state index contributed by atoms with van der Waals surface area (Å²) in [5, 5.41) is 7.48. The molecule has 1 heterocycles. The molecule has 1 aromatic heterocycles. The van der Waals surface area contributed by atoms with Crippen LogP contribution in [-0.4, -0.2) is 10.7 Å². The first-order valence-corrected chi connectivity index (χ1v) is 4.03. The Labute approximate surface area is 70.0 Å². The number of rotatable bonds is 0. The minimum Gasteiger partial charge on any atom is -0.326 e. The van der Waals surface area contributed by atoms with Crippen molar-refractivity contribution in [3.8, 4) is 0 Å². The van der Waals surface area contributed by atoms with E-state index in [1.165, 1.54) is 6.07 Å². The summed E-state index contributed by atoms with van der Waals surface area (Å²) in [6.07, 6.45) is 2.29. The number of hydrogen-bond donors (Lipinski definition) is 2. The van der Waals surface area contributed by atoms with Gasteiger partial charge in [0.05, 0.1) is 0 Å². The highest BCUT2D eigenvalue weighted by atomic mass is 16.1. The summed E-state index contributed by atoms with van der Waals surface area (Å²) in [5.74, 6) is 0. The van der Waals surface area contributed by atoms with Gasteiger partial charge >= 0.3 is 0 Å². The Hall–Kier alpha value is -1.38. The second-order valence-electron chi connectivity index (χ2n) is 3.11. The van der Waals surface area contributed by atoms with Crippen LogP contribution in [0, 0.1) is 5.41 Å². The van der Waals surface area contributed by atoms with Gasteiger partial charge in [0.2, 0.25) is 5.56 Å². The normalized spacial score (nSPS) is 15.8. The molecule has 0 saturated heterocycles. The van der Waals surface area contributed by atoms with Crippen molar-refractivity contribution in [2.75, 3.05) is 0 Å². The van der Waals surface area contributed by atoms with E-state index in [4.69, 9.17) is 5.41 Å². The lowest BCUT2D eigenvalue weighted by molar-refractivity contribution is 0.876. The van der Waals surface area contributed by atoms with Crippen molar-refractivity contribution in [1.29, 1.82) is 5.41 Å². The molecule has 3 heteroatoms. The van der Waals surface area contributed by atoms with Crippen LogP contribution in [0.25, 0.3) is 0 Å². The summed E-state index contributed by atoms with van der Waals surface area (Å²) in [6.45, 7) is 0. The highest BCUT2D eigenvalue weighted by molar-refractivity contribution is 5.85. The van der Waals surface area contributed by atoms with Gasteiger partial charge in [-0.25, -0.2) is 0 Å². The van der Waals surface area contributed by atoms with E-state index in [1.807, 2.05) is 6.07 Å². The van der Waals surface area contributed by atoms with E-state index in [9.17, 15) is 4.79 Å². The topological polar surface area (TPSA) is 56.7 Å². The molecule has 1 aromatic rings. The summed E-state index contributed by atoms with van der Waals surface area (Å²) in [6, 6.07) is 3.35. The van der Waals surface area contributed by atoms with E-state index < -0.39 is 0 Å². The van der Waals surface area contributed by atoms with Gasteiger partial charge in [-0.1, -0.05) is 6.07 Å². The molecule has 62 valence electrons. The van der Waals surface area contributed by atoms with E-state index >= 15 is 0 Å². The van der Waals surface area contributed by atoms with Crippen molar-refractivity contribution >= 4 is 5.71 Å². The highest BCUT2D eigenvalue weighted by Gasteiger charge is 2.12. The van der Waals surface area contributed by atoms with E-state index in [1.54, 1.807) is 0 Å². The minimum absolute atomic E-state index is 0.0396. The molecule has 0 aliphatic heterocycles. The predicted molar refractivity (Wildman–Crippen MR) is 46.8 cm³/mol. The van der Waals surface area contributed by atoms with Crippen LogP contribution in [0.3, 0.4) is 0 Å². The fourth-order valence-electron chi connectivity index (χ4n) is 1.53. The molecule has 0 fully saturated rings. The molecule has 0 bridgehead atoms. The smallest absolute Gasteiger partial charge is 0.248 e. The number of H-pyrrole nitrogens is 1. The lowest BCUT2D eigenvalue weighted by Gasteiger charge is -2.14. The second-order valence-corrected chi connectivity index (χ2v) is 3.11. The Morgan fingerprint density at radius 1 is 1.33 bits per heavy atom. The number of aryl methyl sites for hydroxylation is 1. The van der Waals surface area contributed by atoms with Gasteiger partial charge in [0.15, 0.2) is 0 Å². The Kier molecular flexibility index (Phi) is 1.57. The summed E-state index contributed by atoms with van der Waals surface area (Å²) in [4.78, 5) is 13.7. The largest absolute Gasteiger partial charge is 0.326 e. The fourth-order valence-corrected chi connectivity index (χ4v) is 1.53. The quantitative estimate of drug-likeness (QED) is 0.584. The number of aromatic nitrogens is 1. The molecule has 0 unspecified atom stereocenters. The Bertz CT molecular complexity index is 378. The lowest BCUT2D eigenvalue weighted by atomic mass is 9.95. The maximum absolute atomic E-state index is 10.9. The zero-order valence-corrected chi connectivity index (χ0v) is 6.68. The molecule has 0 atom stereocenters. The molecular formula is C9H10N2O. The van der Waals surface area contributed by atoms with Gasteiger partial charge in [-0.2, -0.15) is 0 Å². The van der Waals surface area contributed by atoms with Gasteiger partial charge in [0, 0.05) is 23.9 Å². The predicted octanol–water partition coefficient (Wildman–Crippen LogP) is 0.883. The second kappa shape index (κ2) is 2.59. The molecule has 2 rings (SSSR count). The number of nitrogens with one attached hydrogen (secondary N) is 2. The molecule has 1 aliphatic rings. The Morgan fingerprint density at radius 2 is 2.17 bits per heavy atom. The first-order chi connectivity index (χ1) is 5.75. The molecule has 12 heavy (non-hydrogen) atoms. The van der Waals surface area contributed by atoms with Crippen LogP contribution in [0.5, 0.6) is 0 Å². The standard InChI is InChI=1S/C9H10N2O/c10-7-2-3-8-6(5-7)1-4-9(12)11-8/h1,4,10H,2-3,5H2,(H,11,12). The number of hydrogen-bond acceptors (Lipinski definition) is 2. The van der Waals surface area contributed by atoms with E-state index in [2.05, 4.69) is 4.98 Å². The van der Waals surface area contributed by atoms with E-state index in [-0.39, 0.29) is 5.56 Å². The third-order valence-electron chi connectivity index (χ3n) is 2.18. The average Bonchev–Trinajstić information content (AvgIpc) is 2.05. The minimum atomic E-state index is -0.0396. The Balaban J connectivity index is 2.49. The maximum atomic E-state index is 10.9. The lowest BCUT2D eigenvalue weighted by Crippen LogP contribution is -2.18. The summed E-state index contributed by atoms with van der Waals surface area (Å²) in [7, 11) is 0. The maximum Gasteiger partial charge on any atom is 0.248 e. The molecule has 3 nitrogen and oxygen atoms in total. The molecule has 1 aliphatic carbocycles. The van der Waals surface area contributed by atoms with Crippen LogP contribution in [-0.2, 0) is 12.8 Å². The molecule has 0 amide bonds. The van der Waals surface area contributed by atoms with E-state index in [0.717, 1.165) is 29.8 Å². The van der Waals surface area contributed by atoms with Crippen molar-refractivity contribution in [2.24, 2.45) is 0 Å². The van der Waals surface area contributed by atoms with Gasteiger partial charge in [-0.05, 0) is 18.4 Å². The summed E-state index contributed by atoms with van der Waals surface area (Å²) < 4.78 is 0.